The van der Waals surface area contributed by atoms with Crippen LogP contribution in [0.2, 0.25) is 0 Å². The smallest absolute Gasteiger partial charge is 0.0765 e. The van der Waals surface area contributed by atoms with Crippen molar-refractivity contribution in [2.45, 2.75) is 12.5 Å². The van der Waals surface area contributed by atoms with Crippen molar-refractivity contribution in [3.63, 3.8) is 0 Å². The van der Waals surface area contributed by atoms with Crippen LogP contribution in [0.3, 0.4) is 0 Å². The number of aliphatic hydroxyl groups excluding tert-OH is 1. The van der Waals surface area contributed by atoms with Crippen LogP contribution in [0.25, 0.3) is 0 Å². The van der Waals surface area contributed by atoms with Gasteiger partial charge < -0.3 is 5.11 Å². The maximum atomic E-state index is 8.99. The molecule has 4 heteroatoms. The molecular formula is C6H13ClOS2. The van der Waals surface area contributed by atoms with Crippen molar-refractivity contribution in [3.05, 3.63) is 0 Å². The van der Waals surface area contributed by atoms with E-state index in [2.05, 4.69) is 12.6 Å². The van der Waals surface area contributed by atoms with Crippen LogP contribution in [0.1, 0.15) is 6.42 Å². The third kappa shape index (κ3) is 7.06. The second-order valence-corrected chi connectivity index (χ2v) is 3.87. The van der Waals surface area contributed by atoms with Crippen LogP contribution in [0, 0.1) is 0 Å². The molecule has 1 nitrogen and oxygen atoms in total. The Labute approximate surface area is 76.9 Å². The van der Waals surface area contributed by atoms with Gasteiger partial charge >= 0.3 is 0 Å². The minimum atomic E-state index is -0.341. The van der Waals surface area contributed by atoms with Gasteiger partial charge in [-0.1, -0.05) is 0 Å². The van der Waals surface area contributed by atoms with Crippen LogP contribution in [-0.4, -0.2) is 34.3 Å². The van der Waals surface area contributed by atoms with Gasteiger partial charge in [-0.2, -0.15) is 24.4 Å². The predicted octanol–water partition coefficient (Wildman–Crippen LogP) is 1.64. The molecule has 0 radical (unpaired) electrons. The summed E-state index contributed by atoms with van der Waals surface area (Å²) in [5.74, 6) is 3.08. The zero-order valence-corrected chi connectivity index (χ0v) is 8.26. The molecule has 0 saturated carbocycles. The molecule has 62 valence electrons. The minimum absolute atomic E-state index is 0.341. The molecule has 1 atom stereocenters. The quantitative estimate of drug-likeness (QED) is 0.386. The summed E-state index contributed by atoms with van der Waals surface area (Å²) in [7, 11) is 0. The molecule has 1 unspecified atom stereocenters. The fraction of sp³-hybridized carbons (Fsp3) is 1.00. The van der Waals surface area contributed by atoms with E-state index < -0.39 is 0 Å². The van der Waals surface area contributed by atoms with E-state index in [0.29, 0.717) is 5.88 Å². The van der Waals surface area contributed by atoms with E-state index in [4.69, 9.17) is 16.7 Å². The van der Waals surface area contributed by atoms with Crippen molar-refractivity contribution >= 4 is 36.0 Å². The maximum Gasteiger partial charge on any atom is 0.0765 e. The number of thiol groups is 1. The topological polar surface area (TPSA) is 20.2 Å². The molecule has 0 aliphatic heterocycles. The van der Waals surface area contributed by atoms with E-state index in [-0.39, 0.29) is 6.10 Å². The van der Waals surface area contributed by atoms with Gasteiger partial charge in [0.2, 0.25) is 0 Å². The molecule has 0 aromatic heterocycles. The lowest BCUT2D eigenvalue weighted by molar-refractivity contribution is 0.223. The van der Waals surface area contributed by atoms with Crippen molar-refractivity contribution < 1.29 is 5.11 Å². The summed E-state index contributed by atoms with van der Waals surface area (Å²) in [5, 5.41) is 8.99. The fourth-order valence-corrected chi connectivity index (χ4v) is 1.95. The third-order valence-electron chi connectivity index (χ3n) is 0.935. The highest BCUT2D eigenvalue weighted by molar-refractivity contribution is 7.99. The molecule has 0 spiro atoms. The van der Waals surface area contributed by atoms with Crippen LogP contribution < -0.4 is 0 Å². The first-order chi connectivity index (χ1) is 4.81. The summed E-state index contributed by atoms with van der Waals surface area (Å²) in [4.78, 5) is 0. The van der Waals surface area contributed by atoms with E-state index in [1.807, 2.05) is 0 Å². The Bertz CT molecular complexity index is 72.8. The Morgan fingerprint density at radius 2 is 2.30 bits per heavy atom. The second-order valence-electron chi connectivity index (χ2n) is 1.96. The molecule has 0 heterocycles. The van der Waals surface area contributed by atoms with E-state index in [0.717, 1.165) is 23.7 Å². The van der Waals surface area contributed by atoms with E-state index in [1.165, 1.54) is 0 Å². The molecule has 0 amide bonds. The first kappa shape index (κ1) is 11.0. The Kier molecular flexibility index (Phi) is 8.82. The Balaban J connectivity index is 2.89. The molecule has 0 saturated heterocycles. The molecule has 0 aliphatic carbocycles. The van der Waals surface area contributed by atoms with Crippen LogP contribution in [0.4, 0.5) is 0 Å². The van der Waals surface area contributed by atoms with Crippen LogP contribution >= 0.6 is 36.0 Å². The Morgan fingerprint density at radius 1 is 1.60 bits per heavy atom. The lowest BCUT2D eigenvalue weighted by Crippen LogP contribution is -2.11. The molecule has 0 aliphatic rings. The molecule has 1 N–H and O–H groups in total. The van der Waals surface area contributed by atoms with Crippen molar-refractivity contribution in [2.24, 2.45) is 0 Å². The second kappa shape index (κ2) is 8.05. The van der Waals surface area contributed by atoms with E-state index >= 15 is 0 Å². The van der Waals surface area contributed by atoms with E-state index in [1.54, 1.807) is 11.8 Å². The summed E-state index contributed by atoms with van der Waals surface area (Å²) in [5.41, 5.74) is 0. The lowest BCUT2D eigenvalue weighted by Gasteiger charge is -2.04. The molecule has 0 aromatic rings. The molecule has 10 heavy (non-hydrogen) atoms. The number of thioether (sulfide) groups is 1. The molecule has 0 aromatic carbocycles. The molecule has 0 bridgehead atoms. The van der Waals surface area contributed by atoms with Crippen molar-refractivity contribution in [3.8, 4) is 0 Å². The standard InChI is InChI=1S/C6H13ClOS2/c7-4-6(8)5-10-3-1-2-9/h6,8-9H,1-5H2. The lowest BCUT2D eigenvalue weighted by atomic mass is 10.5. The highest BCUT2D eigenvalue weighted by atomic mass is 35.5. The maximum absolute atomic E-state index is 8.99. The fourth-order valence-electron chi connectivity index (χ4n) is 0.431. The summed E-state index contributed by atoms with van der Waals surface area (Å²) in [6, 6.07) is 0. The average Bonchev–Trinajstić information content (AvgIpc) is 1.98. The summed E-state index contributed by atoms with van der Waals surface area (Å²) >= 11 is 11.2. The average molecular weight is 201 g/mol. The first-order valence-electron chi connectivity index (χ1n) is 3.24. The van der Waals surface area contributed by atoms with Crippen LogP contribution in [0.15, 0.2) is 0 Å². The third-order valence-corrected chi connectivity index (χ3v) is 2.81. The zero-order chi connectivity index (χ0) is 7.82. The highest BCUT2D eigenvalue weighted by Crippen LogP contribution is 2.06. The monoisotopic (exact) mass is 200 g/mol. The Morgan fingerprint density at radius 3 is 2.80 bits per heavy atom. The number of hydrogen-bond donors (Lipinski definition) is 2. The summed E-state index contributed by atoms with van der Waals surface area (Å²) in [6.07, 6.45) is 0.759. The SMILES string of the molecule is OC(CCl)CSCCCS. The van der Waals surface area contributed by atoms with Gasteiger partial charge in [-0.15, -0.1) is 11.6 Å². The number of rotatable bonds is 6. The normalized spacial score (nSPS) is 13.5. The molecule has 0 fully saturated rings. The van der Waals surface area contributed by atoms with Gasteiger partial charge in [0.05, 0.1) is 6.10 Å². The van der Waals surface area contributed by atoms with Gasteiger partial charge in [-0.3, -0.25) is 0 Å². The van der Waals surface area contributed by atoms with Crippen molar-refractivity contribution in [1.82, 2.24) is 0 Å². The summed E-state index contributed by atoms with van der Waals surface area (Å²) in [6.45, 7) is 0. The van der Waals surface area contributed by atoms with Crippen molar-refractivity contribution in [2.75, 3.05) is 23.1 Å². The summed E-state index contributed by atoms with van der Waals surface area (Å²) < 4.78 is 0. The van der Waals surface area contributed by atoms with Gasteiger partial charge in [-0.05, 0) is 17.9 Å². The van der Waals surface area contributed by atoms with Crippen LogP contribution in [-0.2, 0) is 0 Å². The van der Waals surface area contributed by atoms with Crippen LogP contribution in [0.5, 0.6) is 0 Å². The number of aliphatic hydroxyl groups is 1. The molecule has 0 rings (SSSR count). The van der Waals surface area contributed by atoms with Gasteiger partial charge in [0, 0.05) is 11.6 Å². The number of halogens is 1. The highest BCUT2D eigenvalue weighted by Gasteiger charge is 1.99. The van der Waals surface area contributed by atoms with Gasteiger partial charge in [0.15, 0.2) is 0 Å². The molecular weight excluding hydrogens is 188 g/mol. The number of hydrogen-bond acceptors (Lipinski definition) is 3. The van der Waals surface area contributed by atoms with Gasteiger partial charge in [-0.25, -0.2) is 0 Å². The predicted molar refractivity (Wildman–Crippen MR) is 52.5 cm³/mol. The Hall–Kier alpha value is 0.950. The largest absolute Gasteiger partial charge is 0.391 e. The first-order valence-corrected chi connectivity index (χ1v) is 5.56. The van der Waals surface area contributed by atoms with Gasteiger partial charge in [0.25, 0.3) is 0 Å². The number of alkyl halides is 1. The zero-order valence-electron chi connectivity index (χ0n) is 5.79. The van der Waals surface area contributed by atoms with E-state index in [9.17, 15) is 0 Å². The minimum Gasteiger partial charge on any atom is -0.391 e. The van der Waals surface area contributed by atoms with Crippen molar-refractivity contribution in [1.29, 1.82) is 0 Å². The van der Waals surface area contributed by atoms with Gasteiger partial charge in [0.1, 0.15) is 0 Å².